The van der Waals surface area contributed by atoms with Crippen LogP contribution in [0, 0.1) is 0 Å². The average Bonchev–Trinajstić information content (AvgIpc) is 2.75. The highest BCUT2D eigenvalue weighted by molar-refractivity contribution is 6.33. The lowest BCUT2D eigenvalue weighted by atomic mass is 9.98. The summed E-state index contributed by atoms with van der Waals surface area (Å²) in [6.07, 6.45) is 6.81. The van der Waals surface area contributed by atoms with Gasteiger partial charge in [0.25, 0.3) is 0 Å². The van der Waals surface area contributed by atoms with Crippen LogP contribution in [0.5, 0.6) is 0 Å². The van der Waals surface area contributed by atoms with Gasteiger partial charge in [0.2, 0.25) is 0 Å². The molecule has 0 saturated heterocycles. The molecule has 0 radical (unpaired) electrons. The number of carbonyl (C=O) groups is 1. The summed E-state index contributed by atoms with van der Waals surface area (Å²) >= 11 is 6.54. The Bertz CT molecular complexity index is 908. The smallest absolute Gasteiger partial charge is 0.142 e. The third-order valence-corrected chi connectivity index (χ3v) is 4.96. The molecule has 0 saturated carbocycles. The number of hydrogen-bond acceptors (Lipinski definition) is 2. The van der Waals surface area contributed by atoms with Gasteiger partial charge >= 0.3 is 0 Å². The fourth-order valence-electron chi connectivity index (χ4n) is 3.03. The fourth-order valence-corrected chi connectivity index (χ4v) is 3.32. The van der Waals surface area contributed by atoms with Crippen molar-refractivity contribution >= 4 is 23.6 Å². The highest BCUT2D eigenvalue weighted by Crippen LogP contribution is 2.32. The molecule has 0 unspecified atom stereocenters. The number of nitrogens with two attached hydrogens (primary N) is 1. The number of unbranched alkanes of at least 4 members (excludes halogenated alkanes) is 2. The topological polar surface area (TPSA) is 43.1 Å². The van der Waals surface area contributed by atoms with Crippen molar-refractivity contribution in [1.29, 1.82) is 0 Å². The van der Waals surface area contributed by atoms with Crippen molar-refractivity contribution in [3.63, 3.8) is 0 Å². The van der Waals surface area contributed by atoms with Gasteiger partial charge in [-0.15, -0.1) is 0 Å². The largest absolute Gasteiger partial charge is 0.399 e. The third kappa shape index (κ3) is 6.92. The summed E-state index contributed by atoms with van der Waals surface area (Å²) < 4.78 is 0. The molecule has 3 heteroatoms. The van der Waals surface area contributed by atoms with E-state index in [0.717, 1.165) is 33.8 Å². The quantitative estimate of drug-likeness (QED) is 0.193. The summed E-state index contributed by atoms with van der Waals surface area (Å²) in [5, 5.41) is 0.759. The Morgan fingerprint density at radius 2 is 1.48 bits per heavy atom. The molecule has 0 bridgehead atoms. The Hall–Kier alpha value is -2.84. The van der Waals surface area contributed by atoms with Crippen LogP contribution < -0.4 is 5.73 Å². The van der Waals surface area contributed by atoms with Gasteiger partial charge in [0, 0.05) is 16.3 Å². The number of aryl methyl sites for hydroxylation is 1. The average molecular weight is 406 g/mol. The van der Waals surface area contributed by atoms with Crippen molar-refractivity contribution in [3.8, 4) is 22.3 Å². The predicted octanol–water partition coefficient (Wildman–Crippen LogP) is 7.36. The van der Waals surface area contributed by atoms with Gasteiger partial charge in [0.05, 0.1) is 0 Å². The van der Waals surface area contributed by atoms with Gasteiger partial charge in [0.1, 0.15) is 6.29 Å². The van der Waals surface area contributed by atoms with Crippen molar-refractivity contribution in [2.75, 3.05) is 5.73 Å². The summed E-state index contributed by atoms with van der Waals surface area (Å²) in [5.74, 6) is 0. The normalized spacial score (nSPS) is 10.0. The Morgan fingerprint density at radius 3 is 2.03 bits per heavy atom. The molecule has 2 N–H and O–H groups in total. The van der Waals surface area contributed by atoms with Crippen LogP contribution in [0.1, 0.15) is 31.7 Å². The van der Waals surface area contributed by atoms with E-state index in [1.54, 1.807) is 0 Å². The maximum Gasteiger partial charge on any atom is 0.142 e. The monoisotopic (exact) mass is 405 g/mol. The first-order chi connectivity index (χ1) is 14.1. The molecule has 3 aromatic rings. The van der Waals surface area contributed by atoms with Crippen LogP contribution in [0.25, 0.3) is 22.3 Å². The summed E-state index contributed by atoms with van der Waals surface area (Å²) in [6.45, 7) is 5.35. The minimum atomic E-state index is 0.639. The summed E-state index contributed by atoms with van der Waals surface area (Å²) in [5.41, 5.74) is 12.4. The SMILES string of the molecule is C=CC=O.CCCCCc1ccc(-c2ccc(-c3ccc(N)cc3)c(Cl)c2)cc1. The molecule has 0 atom stereocenters. The number of carbonyl (C=O) groups excluding carboxylic acids is 1. The van der Waals surface area contributed by atoms with E-state index in [2.05, 4.69) is 49.9 Å². The van der Waals surface area contributed by atoms with E-state index in [1.165, 1.54) is 36.5 Å². The zero-order valence-electron chi connectivity index (χ0n) is 16.9. The first kappa shape index (κ1) is 22.4. The standard InChI is InChI=1S/C23H24ClN.C3H4O/c1-2-3-4-5-17-6-8-18(9-7-17)20-12-15-22(23(24)16-20)19-10-13-21(25)14-11-19;1-2-3-4/h6-16H,2-5,25H2,1H3;2-3H,1H2. The van der Waals surface area contributed by atoms with Gasteiger partial charge in [0.15, 0.2) is 0 Å². The number of hydrogen-bond donors (Lipinski definition) is 1. The van der Waals surface area contributed by atoms with Gasteiger partial charge in [-0.3, -0.25) is 4.79 Å². The first-order valence-electron chi connectivity index (χ1n) is 9.90. The van der Waals surface area contributed by atoms with Gasteiger partial charge in [-0.25, -0.2) is 0 Å². The number of aldehydes is 1. The van der Waals surface area contributed by atoms with Gasteiger partial charge in [-0.1, -0.05) is 86.5 Å². The van der Waals surface area contributed by atoms with Crippen LogP contribution in [0.2, 0.25) is 5.02 Å². The van der Waals surface area contributed by atoms with E-state index in [1.807, 2.05) is 30.3 Å². The predicted molar refractivity (Wildman–Crippen MR) is 126 cm³/mol. The van der Waals surface area contributed by atoms with E-state index in [4.69, 9.17) is 22.1 Å². The van der Waals surface area contributed by atoms with Crippen LogP contribution in [0.3, 0.4) is 0 Å². The molecule has 0 aliphatic carbocycles. The number of anilines is 1. The second-order valence-corrected chi connectivity index (χ2v) is 7.25. The molecule has 3 rings (SSSR count). The number of allylic oxidation sites excluding steroid dienone is 1. The van der Waals surface area contributed by atoms with Crippen LogP contribution in [-0.2, 0) is 11.2 Å². The van der Waals surface area contributed by atoms with E-state index in [-0.39, 0.29) is 0 Å². The van der Waals surface area contributed by atoms with E-state index < -0.39 is 0 Å². The second-order valence-electron chi connectivity index (χ2n) is 6.84. The van der Waals surface area contributed by atoms with Crippen LogP contribution in [0.15, 0.2) is 79.4 Å². The summed E-state index contributed by atoms with van der Waals surface area (Å²) in [7, 11) is 0. The van der Waals surface area contributed by atoms with Crippen molar-refractivity contribution in [2.24, 2.45) is 0 Å². The van der Waals surface area contributed by atoms with E-state index in [9.17, 15) is 0 Å². The maximum atomic E-state index is 9.06. The minimum absolute atomic E-state index is 0.639. The molecular formula is C26H28ClNO. The fraction of sp³-hybridized carbons (Fsp3) is 0.192. The van der Waals surface area contributed by atoms with Crippen molar-refractivity contribution in [2.45, 2.75) is 32.6 Å². The molecule has 0 spiro atoms. The van der Waals surface area contributed by atoms with Gasteiger partial charge < -0.3 is 5.73 Å². The van der Waals surface area contributed by atoms with Crippen molar-refractivity contribution in [3.05, 3.63) is 90.0 Å². The highest BCUT2D eigenvalue weighted by atomic mass is 35.5. The number of halogens is 1. The molecule has 0 aliphatic heterocycles. The molecule has 0 heterocycles. The third-order valence-electron chi connectivity index (χ3n) is 4.64. The molecule has 0 aromatic heterocycles. The zero-order chi connectivity index (χ0) is 21.1. The Balaban J connectivity index is 0.000000687. The number of nitrogen functional groups attached to an aromatic ring is 1. The van der Waals surface area contributed by atoms with E-state index >= 15 is 0 Å². The Morgan fingerprint density at radius 1 is 0.897 bits per heavy atom. The molecule has 0 amide bonds. The lowest BCUT2D eigenvalue weighted by molar-refractivity contribution is -0.104. The lowest BCUT2D eigenvalue weighted by Crippen LogP contribution is -1.87. The zero-order valence-corrected chi connectivity index (χ0v) is 17.7. The molecular weight excluding hydrogens is 378 g/mol. The van der Waals surface area contributed by atoms with Crippen molar-refractivity contribution in [1.82, 2.24) is 0 Å². The Kier molecular flexibility index (Phi) is 9.20. The van der Waals surface area contributed by atoms with Crippen LogP contribution in [0.4, 0.5) is 5.69 Å². The molecule has 0 fully saturated rings. The van der Waals surface area contributed by atoms with E-state index in [0.29, 0.717) is 6.29 Å². The molecule has 0 aliphatic rings. The van der Waals surface area contributed by atoms with Crippen molar-refractivity contribution < 1.29 is 4.79 Å². The molecule has 2 nitrogen and oxygen atoms in total. The molecule has 29 heavy (non-hydrogen) atoms. The van der Waals surface area contributed by atoms with Gasteiger partial charge in [-0.2, -0.15) is 0 Å². The first-order valence-corrected chi connectivity index (χ1v) is 10.3. The Labute approximate surface area is 179 Å². The lowest BCUT2D eigenvalue weighted by Gasteiger charge is -2.09. The molecule has 150 valence electrons. The number of rotatable bonds is 7. The van der Waals surface area contributed by atoms with Crippen LogP contribution >= 0.6 is 11.6 Å². The number of benzene rings is 3. The minimum Gasteiger partial charge on any atom is -0.399 e. The van der Waals surface area contributed by atoms with Crippen LogP contribution in [-0.4, -0.2) is 6.29 Å². The summed E-state index contributed by atoms with van der Waals surface area (Å²) in [6, 6.07) is 22.9. The summed E-state index contributed by atoms with van der Waals surface area (Å²) in [4.78, 5) is 9.06. The molecule has 3 aromatic carbocycles. The second kappa shape index (κ2) is 11.9. The highest BCUT2D eigenvalue weighted by Gasteiger charge is 2.06. The van der Waals surface area contributed by atoms with Gasteiger partial charge in [-0.05, 0) is 59.4 Å². The maximum absolute atomic E-state index is 9.06.